The molecule has 8 heteroatoms. The van der Waals surface area contributed by atoms with E-state index in [2.05, 4.69) is 15.3 Å². The van der Waals surface area contributed by atoms with Gasteiger partial charge in [-0.25, -0.2) is 0 Å². The summed E-state index contributed by atoms with van der Waals surface area (Å²) in [6.45, 7) is -4.90. The molecule has 2 aromatic rings. The first-order valence-electron chi connectivity index (χ1n) is 4.57. The smallest absolute Gasteiger partial charge is 0.448 e. The second-order valence-corrected chi connectivity index (χ2v) is 3.25. The van der Waals surface area contributed by atoms with Crippen LogP contribution in [0.4, 0.5) is 12.9 Å². The van der Waals surface area contributed by atoms with Gasteiger partial charge in [0.15, 0.2) is 0 Å². The molecule has 0 aliphatic heterocycles. The Hall–Kier alpha value is -1.86. The Morgan fingerprint density at radius 3 is 2.62 bits per heavy atom. The number of pyridine rings is 1. The Morgan fingerprint density at radius 2 is 2.00 bits per heavy atom. The van der Waals surface area contributed by atoms with Crippen molar-refractivity contribution in [2.24, 2.45) is 0 Å². The highest BCUT2D eigenvalue weighted by atomic mass is 19.4. The molecule has 0 spiro atoms. The van der Waals surface area contributed by atoms with Crippen molar-refractivity contribution in [2.45, 2.75) is 6.44 Å². The lowest BCUT2D eigenvalue weighted by Crippen LogP contribution is -2.24. The van der Waals surface area contributed by atoms with Crippen LogP contribution >= 0.6 is 0 Å². The summed E-state index contributed by atoms with van der Waals surface area (Å²) < 4.78 is 37.1. The topological polar surface area (TPSA) is 43.6 Å². The van der Waals surface area contributed by atoms with Gasteiger partial charge in [-0.15, -0.1) is 5.10 Å². The van der Waals surface area contributed by atoms with Crippen molar-refractivity contribution >= 4 is 6.98 Å². The van der Waals surface area contributed by atoms with Crippen molar-refractivity contribution in [2.75, 3.05) is 0 Å². The van der Waals surface area contributed by atoms with E-state index in [1.807, 2.05) is 0 Å². The maximum Gasteiger partial charge on any atom is 0.499 e. The van der Waals surface area contributed by atoms with E-state index >= 15 is 0 Å². The van der Waals surface area contributed by atoms with Crippen molar-refractivity contribution in [3.05, 3.63) is 30.6 Å². The predicted octanol–water partition coefficient (Wildman–Crippen LogP) is 1.73. The Labute approximate surface area is 89.2 Å². The Morgan fingerprint density at radius 1 is 1.19 bits per heavy atom. The maximum absolute atomic E-state index is 12.1. The largest absolute Gasteiger partial charge is 0.499 e. The third kappa shape index (κ3) is 2.59. The summed E-state index contributed by atoms with van der Waals surface area (Å²) >= 11 is 0. The lowest BCUT2D eigenvalue weighted by molar-refractivity contribution is 0.433. The molecule has 4 nitrogen and oxygen atoms in total. The number of rotatable bonds is 3. The van der Waals surface area contributed by atoms with Crippen LogP contribution < -0.4 is 0 Å². The first-order valence-corrected chi connectivity index (χ1v) is 4.57. The zero-order chi connectivity index (χ0) is 11.6. The van der Waals surface area contributed by atoms with Crippen molar-refractivity contribution < 1.29 is 12.9 Å². The van der Waals surface area contributed by atoms with E-state index in [1.54, 1.807) is 24.4 Å². The van der Waals surface area contributed by atoms with Crippen LogP contribution in [0.5, 0.6) is 0 Å². The van der Waals surface area contributed by atoms with Crippen molar-refractivity contribution in [1.82, 2.24) is 20.0 Å². The van der Waals surface area contributed by atoms with Gasteiger partial charge in [-0.1, -0.05) is 11.3 Å². The average molecular weight is 227 g/mol. The van der Waals surface area contributed by atoms with E-state index in [4.69, 9.17) is 0 Å². The molecule has 84 valence electrons. The molecule has 0 radical (unpaired) electrons. The summed E-state index contributed by atoms with van der Waals surface area (Å²) in [4.78, 5) is 3.97. The highest BCUT2D eigenvalue weighted by Crippen LogP contribution is 2.14. The Kier molecular flexibility index (Phi) is 2.63. The van der Waals surface area contributed by atoms with Gasteiger partial charge in [-0.2, -0.15) is 0 Å². The molecule has 0 aromatic carbocycles. The molecule has 0 unspecified atom stereocenters. The first kappa shape index (κ1) is 10.7. The van der Waals surface area contributed by atoms with Crippen molar-refractivity contribution in [3.8, 4) is 11.4 Å². The molecule has 0 aliphatic carbocycles. The Balaban J connectivity index is 2.21. The number of hydrogen-bond donors (Lipinski definition) is 0. The maximum atomic E-state index is 12.1. The number of hydrogen-bond acceptors (Lipinski definition) is 3. The van der Waals surface area contributed by atoms with E-state index in [0.717, 1.165) is 4.68 Å². The standard InChI is InChI=1S/C8H7BF3N4/c10-9(11,12)6-16-5-8(14-15-16)7-3-1-2-4-13-7/h1-5H,6H2/q-1. The Bertz CT molecular complexity index is 468. The lowest BCUT2D eigenvalue weighted by atomic mass is 9.93. The molecular weight excluding hydrogens is 220 g/mol. The van der Waals surface area contributed by atoms with Crippen LogP contribution in [0.2, 0.25) is 0 Å². The van der Waals surface area contributed by atoms with Gasteiger partial charge in [-0.3, -0.25) is 9.67 Å². The molecular formula is C8H7BF3N4-. The fourth-order valence-electron chi connectivity index (χ4n) is 1.23. The fraction of sp³-hybridized carbons (Fsp3) is 0.125. The van der Waals surface area contributed by atoms with Gasteiger partial charge in [0.05, 0.1) is 11.9 Å². The average Bonchev–Trinajstić information content (AvgIpc) is 2.65. The first-order chi connectivity index (χ1) is 7.54. The van der Waals surface area contributed by atoms with E-state index in [0.29, 0.717) is 11.4 Å². The number of halogens is 3. The summed E-state index contributed by atoms with van der Waals surface area (Å²) in [6, 6.07) is 5.11. The lowest BCUT2D eigenvalue weighted by Gasteiger charge is -2.11. The van der Waals surface area contributed by atoms with Crippen LogP contribution in [-0.4, -0.2) is 27.0 Å². The van der Waals surface area contributed by atoms with Crippen molar-refractivity contribution in [3.63, 3.8) is 0 Å². The van der Waals surface area contributed by atoms with Crippen LogP contribution in [0.25, 0.3) is 11.4 Å². The summed E-state index contributed by atoms with van der Waals surface area (Å²) in [5, 5.41) is 7.03. The molecule has 2 heterocycles. The zero-order valence-corrected chi connectivity index (χ0v) is 8.09. The van der Waals surface area contributed by atoms with E-state index in [1.165, 1.54) is 6.20 Å². The van der Waals surface area contributed by atoms with Gasteiger partial charge in [-0.05, 0) is 12.1 Å². The minimum absolute atomic E-state index is 0.334. The molecule has 0 amide bonds. The molecule has 0 atom stereocenters. The zero-order valence-electron chi connectivity index (χ0n) is 8.09. The van der Waals surface area contributed by atoms with Crippen molar-refractivity contribution in [1.29, 1.82) is 0 Å². The highest BCUT2D eigenvalue weighted by Gasteiger charge is 2.24. The summed E-state index contributed by atoms with van der Waals surface area (Å²) in [7, 11) is 0. The predicted molar refractivity (Wildman–Crippen MR) is 52.3 cm³/mol. The highest BCUT2D eigenvalue weighted by molar-refractivity contribution is 6.57. The van der Waals surface area contributed by atoms with Crippen LogP contribution in [0, 0.1) is 0 Å². The van der Waals surface area contributed by atoms with Gasteiger partial charge in [0.25, 0.3) is 0 Å². The molecule has 0 saturated heterocycles. The van der Waals surface area contributed by atoms with E-state index < -0.39 is 13.4 Å². The molecule has 2 rings (SSSR count). The monoisotopic (exact) mass is 227 g/mol. The van der Waals surface area contributed by atoms with Gasteiger partial charge >= 0.3 is 6.98 Å². The van der Waals surface area contributed by atoms with Gasteiger partial charge in [0.1, 0.15) is 5.69 Å². The van der Waals surface area contributed by atoms with Crippen LogP contribution in [0.15, 0.2) is 30.6 Å². The van der Waals surface area contributed by atoms with Crippen LogP contribution in [0.3, 0.4) is 0 Å². The molecule has 0 saturated carbocycles. The molecule has 0 N–H and O–H groups in total. The van der Waals surface area contributed by atoms with Crippen LogP contribution in [-0.2, 0) is 6.44 Å². The quantitative estimate of drug-likeness (QED) is 0.749. The molecule has 2 aromatic heterocycles. The van der Waals surface area contributed by atoms with E-state index in [-0.39, 0.29) is 0 Å². The van der Waals surface area contributed by atoms with Gasteiger partial charge < -0.3 is 12.9 Å². The van der Waals surface area contributed by atoms with Gasteiger partial charge in [0, 0.05) is 12.6 Å². The van der Waals surface area contributed by atoms with Gasteiger partial charge in [0.2, 0.25) is 0 Å². The number of aromatic nitrogens is 4. The minimum Gasteiger partial charge on any atom is -0.448 e. The molecule has 0 aliphatic rings. The van der Waals surface area contributed by atoms with Crippen LogP contribution in [0.1, 0.15) is 0 Å². The fourth-order valence-corrected chi connectivity index (χ4v) is 1.23. The normalized spacial score (nSPS) is 11.7. The third-order valence-electron chi connectivity index (χ3n) is 1.86. The second kappa shape index (κ2) is 3.95. The second-order valence-electron chi connectivity index (χ2n) is 3.25. The number of nitrogens with zero attached hydrogens (tertiary/aromatic N) is 4. The van der Waals surface area contributed by atoms with E-state index in [9.17, 15) is 12.9 Å². The summed E-state index contributed by atoms with van der Waals surface area (Å²) in [5.41, 5.74) is 0.837. The molecule has 0 fully saturated rings. The summed E-state index contributed by atoms with van der Waals surface area (Å²) in [6.07, 6.45) is 1.69. The summed E-state index contributed by atoms with van der Waals surface area (Å²) in [5.74, 6) is 0. The SMILES string of the molecule is F[B-](F)(F)Cn1cc(-c2ccccn2)nn1. The third-order valence-corrected chi connectivity index (χ3v) is 1.86. The minimum atomic E-state index is -4.90. The molecule has 0 bridgehead atoms. The molecule has 16 heavy (non-hydrogen) atoms.